The Morgan fingerprint density at radius 3 is 2.69 bits per heavy atom. The first kappa shape index (κ1) is 18.9. The number of hydrogen-bond donors (Lipinski definition) is 0. The van der Waals surface area contributed by atoms with Gasteiger partial charge in [-0.3, -0.25) is 4.79 Å². The van der Waals surface area contributed by atoms with Crippen LogP contribution in [0.3, 0.4) is 0 Å². The lowest BCUT2D eigenvalue weighted by Gasteiger charge is -2.16. The maximum absolute atomic E-state index is 12.9. The molecule has 3 aromatic rings. The summed E-state index contributed by atoms with van der Waals surface area (Å²) in [6.45, 7) is 4.58. The van der Waals surface area contributed by atoms with E-state index in [9.17, 15) is 9.59 Å². The van der Waals surface area contributed by atoms with Gasteiger partial charge in [-0.2, -0.15) is 0 Å². The minimum absolute atomic E-state index is 0.00551. The quantitative estimate of drug-likeness (QED) is 0.627. The number of nitrogens with zero attached hydrogens (tertiary/aromatic N) is 3. The van der Waals surface area contributed by atoms with Crippen LogP contribution in [0.5, 0.6) is 11.8 Å². The highest BCUT2D eigenvalue weighted by Gasteiger charge is 2.30. The molecule has 150 valence electrons. The highest BCUT2D eigenvalue weighted by Crippen LogP contribution is 2.25. The number of ether oxygens (including phenoxy) is 2. The summed E-state index contributed by atoms with van der Waals surface area (Å²) < 4.78 is 16.4. The van der Waals surface area contributed by atoms with Gasteiger partial charge in [0.15, 0.2) is 11.3 Å². The molecular weight excluding hydrogens is 374 g/mol. The van der Waals surface area contributed by atoms with E-state index in [4.69, 9.17) is 13.9 Å². The highest BCUT2D eigenvalue weighted by atomic mass is 16.5. The molecule has 1 aromatic carbocycles. The highest BCUT2D eigenvalue weighted by molar-refractivity contribution is 5.97. The number of carbonyl (C=O) groups excluding carboxylic acids is 1. The van der Waals surface area contributed by atoms with E-state index in [1.165, 1.54) is 7.11 Å². The zero-order valence-corrected chi connectivity index (χ0v) is 16.5. The maximum atomic E-state index is 12.9. The third kappa shape index (κ3) is 3.78. The number of likely N-dealkylation sites (tertiary alicyclic amines) is 1. The fourth-order valence-corrected chi connectivity index (χ4v) is 3.50. The van der Waals surface area contributed by atoms with E-state index in [0.29, 0.717) is 42.2 Å². The van der Waals surface area contributed by atoms with Crippen molar-refractivity contribution in [2.24, 2.45) is 0 Å². The monoisotopic (exact) mass is 395 g/mol. The van der Waals surface area contributed by atoms with Crippen LogP contribution in [0.4, 0.5) is 0 Å². The molecule has 8 nitrogen and oxygen atoms in total. The summed E-state index contributed by atoms with van der Waals surface area (Å²) in [6, 6.07) is 8.96. The molecule has 1 saturated heterocycles. The Bertz CT molecular complexity index is 1120. The van der Waals surface area contributed by atoms with Gasteiger partial charge in [-0.25, -0.2) is 14.8 Å². The van der Waals surface area contributed by atoms with Gasteiger partial charge >= 0.3 is 11.6 Å². The molecule has 1 aliphatic heterocycles. The van der Waals surface area contributed by atoms with Crippen LogP contribution in [0.25, 0.3) is 11.0 Å². The van der Waals surface area contributed by atoms with Gasteiger partial charge in [0.2, 0.25) is 0 Å². The number of para-hydroxylation sites is 1. The summed E-state index contributed by atoms with van der Waals surface area (Å²) in [5.41, 5.74) is 1.28. The first-order chi connectivity index (χ1) is 13.9. The molecule has 2 aromatic heterocycles. The average Bonchev–Trinajstić information content (AvgIpc) is 3.14. The predicted octanol–water partition coefficient (Wildman–Crippen LogP) is 2.50. The Morgan fingerprint density at radius 1 is 1.21 bits per heavy atom. The largest absolute Gasteiger partial charge is 0.493 e. The summed E-state index contributed by atoms with van der Waals surface area (Å²) in [5, 5.41) is 0.628. The van der Waals surface area contributed by atoms with Crippen LogP contribution in [-0.4, -0.2) is 47.1 Å². The van der Waals surface area contributed by atoms with Crippen LogP contribution >= 0.6 is 0 Å². The van der Waals surface area contributed by atoms with Crippen molar-refractivity contribution in [3.8, 4) is 11.8 Å². The Morgan fingerprint density at radius 2 is 1.97 bits per heavy atom. The lowest BCUT2D eigenvalue weighted by molar-refractivity contribution is 0.0765. The second-order valence-corrected chi connectivity index (χ2v) is 7.04. The third-order valence-corrected chi connectivity index (χ3v) is 4.84. The minimum Gasteiger partial charge on any atom is -0.493 e. The third-order valence-electron chi connectivity index (χ3n) is 4.84. The summed E-state index contributed by atoms with van der Waals surface area (Å²) in [7, 11) is 1.50. The van der Waals surface area contributed by atoms with E-state index in [1.54, 1.807) is 29.2 Å². The molecule has 0 N–H and O–H groups in total. The van der Waals surface area contributed by atoms with Gasteiger partial charge < -0.3 is 18.8 Å². The molecule has 0 saturated carbocycles. The number of aromatic nitrogens is 2. The molecule has 1 aliphatic rings. The van der Waals surface area contributed by atoms with Crippen LogP contribution in [0.1, 0.15) is 28.2 Å². The molecule has 1 unspecified atom stereocenters. The Kier molecular flexibility index (Phi) is 4.92. The normalized spacial score (nSPS) is 16.2. The van der Waals surface area contributed by atoms with Crippen molar-refractivity contribution in [3.05, 3.63) is 57.7 Å². The molecule has 0 bridgehead atoms. The fourth-order valence-electron chi connectivity index (χ4n) is 3.50. The number of methoxy groups -OCH3 is 1. The number of hydrogen-bond acceptors (Lipinski definition) is 7. The van der Waals surface area contributed by atoms with Crippen molar-refractivity contribution in [3.63, 3.8) is 0 Å². The summed E-state index contributed by atoms with van der Waals surface area (Å²) in [5.74, 6) is 0.0672. The first-order valence-corrected chi connectivity index (χ1v) is 9.33. The fraction of sp³-hybridized carbons (Fsp3) is 0.333. The second-order valence-electron chi connectivity index (χ2n) is 7.04. The van der Waals surface area contributed by atoms with E-state index in [1.807, 2.05) is 19.9 Å². The number of fused-ring (bicyclic) bond motifs is 1. The first-order valence-electron chi connectivity index (χ1n) is 9.33. The zero-order chi connectivity index (χ0) is 20.5. The van der Waals surface area contributed by atoms with Crippen LogP contribution in [0, 0.1) is 13.8 Å². The van der Waals surface area contributed by atoms with Gasteiger partial charge in [-0.15, -0.1) is 0 Å². The van der Waals surface area contributed by atoms with Gasteiger partial charge in [0.25, 0.3) is 5.91 Å². The topological polar surface area (TPSA) is 94.8 Å². The van der Waals surface area contributed by atoms with Gasteiger partial charge in [-0.1, -0.05) is 12.1 Å². The van der Waals surface area contributed by atoms with E-state index in [0.717, 1.165) is 11.4 Å². The molecule has 3 heterocycles. The number of carbonyl (C=O) groups is 1. The van der Waals surface area contributed by atoms with Crippen molar-refractivity contribution >= 4 is 16.9 Å². The minimum atomic E-state index is -0.686. The number of benzene rings is 1. The molecule has 4 rings (SSSR count). The molecular formula is C21H21N3O5. The number of aryl methyl sites for hydroxylation is 2. The summed E-state index contributed by atoms with van der Waals surface area (Å²) >= 11 is 0. The van der Waals surface area contributed by atoms with Crippen molar-refractivity contribution in [2.75, 3.05) is 20.2 Å². The van der Waals surface area contributed by atoms with Crippen molar-refractivity contribution < 1.29 is 18.7 Å². The van der Waals surface area contributed by atoms with Crippen molar-refractivity contribution in [1.82, 2.24) is 14.9 Å². The summed E-state index contributed by atoms with van der Waals surface area (Å²) in [4.78, 5) is 35.5. The van der Waals surface area contributed by atoms with Crippen LogP contribution in [0.2, 0.25) is 0 Å². The molecule has 1 amide bonds. The molecule has 0 aliphatic carbocycles. The SMILES string of the molecule is COc1cccc2cc(C(=O)N3CCC(Oc4nc(C)cc(C)n4)C3)c(=O)oc12. The van der Waals surface area contributed by atoms with Crippen LogP contribution in [0.15, 0.2) is 39.5 Å². The van der Waals surface area contributed by atoms with Gasteiger partial charge in [0, 0.05) is 29.7 Å². The number of rotatable bonds is 4. The lowest BCUT2D eigenvalue weighted by atomic mass is 10.1. The van der Waals surface area contributed by atoms with Crippen molar-refractivity contribution in [1.29, 1.82) is 0 Å². The Balaban J connectivity index is 1.53. The van der Waals surface area contributed by atoms with Crippen LogP contribution in [-0.2, 0) is 0 Å². The van der Waals surface area contributed by atoms with Gasteiger partial charge in [-0.05, 0) is 32.0 Å². The van der Waals surface area contributed by atoms with E-state index < -0.39 is 5.63 Å². The standard InChI is InChI=1S/C21H21N3O5/c1-12-9-13(2)23-21(22-12)28-15-7-8-24(11-15)19(25)16-10-14-5-4-6-17(27-3)18(14)29-20(16)26/h4-6,9-10,15H,7-8,11H2,1-3H3. The van der Waals surface area contributed by atoms with Crippen LogP contribution < -0.4 is 15.1 Å². The molecule has 1 fully saturated rings. The zero-order valence-electron chi connectivity index (χ0n) is 16.5. The number of amides is 1. The Hall–Kier alpha value is -3.42. The predicted molar refractivity (Wildman–Crippen MR) is 105 cm³/mol. The Labute approximate surface area is 167 Å². The van der Waals surface area contributed by atoms with E-state index in [2.05, 4.69) is 9.97 Å². The van der Waals surface area contributed by atoms with Gasteiger partial charge in [0.05, 0.1) is 13.7 Å². The molecule has 0 spiro atoms. The summed E-state index contributed by atoms with van der Waals surface area (Å²) in [6.07, 6.45) is 0.405. The average molecular weight is 395 g/mol. The lowest BCUT2D eigenvalue weighted by Crippen LogP contribution is -2.34. The molecule has 8 heteroatoms. The van der Waals surface area contributed by atoms with Crippen molar-refractivity contribution in [2.45, 2.75) is 26.4 Å². The second kappa shape index (κ2) is 7.54. The van der Waals surface area contributed by atoms with E-state index in [-0.39, 0.29) is 17.6 Å². The van der Waals surface area contributed by atoms with Gasteiger partial charge in [0.1, 0.15) is 11.7 Å². The maximum Gasteiger partial charge on any atom is 0.349 e. The van der Waals surface area contributed by atoms with E-state index >= 15 is 0 Å². The molecule has 29 heavy (non-hydrogen) atoms. The molecule has 1 atom stereocenters. The molecule has 0 radical (unpaired) electrons. The smallest absolute Gasteiger partial charge is 0.349 e.